The first kappa shape index (κ1) is 14.4. The van der Waals surface area contributed by atoms with Crippen molar-refractivity contribution in [3.63, 3.8) is 0 Å². The smallest absolute Gasteiger partial charge is 0.308 e. The zero-order valence-electron chi connectivity index (χ0n) is 10.1. The van der Waals surface area contributed by atoms with Crippen LogP contribution in [0.3, 0.4) is 0 Å². The summed E-state index contributed by atoms with van der Waals surface area (Å²) in [6.45, 7) is 0.273. The number of ether oxygens (including phenoxy) is 1. The fraction of sp³-hybridized carbons (Fsp3) is 0.900. The van der Waals surface area contributed by atoms with Crippen molar-refractivity contribution in [2.45, 2.75) is 25.0 Å². The number of aliphatic hydroxyl groups is 1. The number of esters is 1. The normalized spacial score (nSPS) is 24.8. The highest BCUT2D eigenvalue weighted by Crippen LogP contribution is 2.16. The van der Waals surface area contributed by atoms with E-state index in [4.69, 9.17) is 0 Å². The molecular weight excluding hydrogens is 246 g/mol. The number of hydrogen-bond donors (Lipinski definition) is 1. The van der Waals surface area contributed by atoms with Crippen LogP contribution in [-0.2, 0) is 19.4 Å². The SMILES string of the molecule is COC(=O)CC(O)CN(C)C1CCS(=O)(=O)C1. The quantitative estimate of drug-likeness (QED) is 0.644. The summed E-state index contributed by atoms with van der Waals surface area (Å²) in [5, 5.41) is 9.62. The molecule has 0 aromatic heterocycles. The van der Waals surface area contributed by atoms with E-state index >= 15 is 0 Å². The minimum absolute atomic E-state index is 0.0627. The lowest BCUT2D eigenvalue weighted by molar-refractivity contribution is -0.143. The van der Waals surface area contributed by atoms with E-state index in [1.807, 2.05) is 0 Å². The monoisotopic (exact) mass is 265 g/mol. The van der Waals surface area contributed by atoms with Crippen LogP contribution in [0.15, 0.2) is 0 Å². The molecule has 1 saturated heterocycles. The fourth-order valence-electron chi connectivity index (χ4n) is 1.94. The summed E-state index contributed by atoms with van der Waals surface area (Å²) in [5.41, 5.74) is 0. The van der Waals surface area contributed by atoms with Gasteiger partial charge in [0.15, 0.2) is 9.84 Å². The first-order chi connectivity index (χ1) is 7.84. The van der Waals surface area contributed by atoms with E-state index in [0.29, 0.717) is 6.42 Å². The van der Waals surface area contributed by atoms with Crippen molar-refractivity contribution in [3.8, 4) is 0 Å². The van der Waals surface area contributed by atoms with Crippen LogP contribution in [-0.4, -0.2) is 68.7 Å². The molecule has 0 radical (unpaired) electrons. The van der Waals surface area contributed by atoms with E-state index in [2.05, 4.69) is 4.74 Å². The van der Waals surface area contributed by atoms with Gasteiger partial charge in [-0.1, -0.05) is 0 Å². The number of methoxy groups -OCH3 is 1. The lowest BCUT2D eigenvalue weighted by Gasteiger charge is -2.25. The van der Waals surface area contributed by atoms with Gasteiger partial charge in [0.05, 0.1) is 31.1 Å². The molecule has 1 N–H and O–H groups in total. The lowest BCUT2D eigenvalue weighted by atomic mass is 10.2. The Morgan fingerprint density at radius 3 is 2.71 bits per heavy atom. The van der Waals surface area contributed by atoms with E-state index in [1.54, 1.807) is 11.9 Å². The Balaban J connectivity index is 2.39. The topological polar surface area (TPSA) is 83.9 Å². The second-order valence-corrected chi connectivity index (χ2v) is 6.66. The third-order valence-electron chi connectivity index (χ3n) is 2.96. The summed E-state index contributed by atoms with van der Waals surface area (Å²) in [4.78, 5) is 12.7. The van der Waals surface area contributed by atoms with Crippen molar-refractivity contribution in [3.05, 3.63) is 0 Å². The molecule has 6 nitrogen and oxygen atoms in total. The molecule has 2 unspecified atom stereocenters. The molecule has 1 aliphatic heterocycles. The molecule has 2 atom stereocenters. The van der Waals surface area contributed by atoms with Crippen LogP contribution in [0.1, 0.15) is 12.8 Å². The van der Waals surface area contributed by atoms with E-state index in [1.165, 1.54) is 7.11 Å². The molecule has 0 saturated carbocycles. The fourth-order valence-corrected chi connectivity index (χ4v) is 3.75. The second-order valence-electron chi connectivity index (χ2n) is 4.43. The van der Waals surface area contributed by atoms with Crippen LogP contribution in [0.5, 0.6) is 0 Å². The van der Waals surface area contributed by atoms with Crippen LogP contribution in [0.4, 0.5) is 0 Å². The third-order valence-corrected chi connectivity index (χ3v) is 4.71. The molecule has 0 aromatic rings. The van der Waals surface area contributed by atoms with Gasteiger partial charge in [-0.3, -0.25) is 9.69 Å². The molecule has 1 aliphatic rings. The van der Waals surface area contributed by atoms with E-state index in [-0.39, 0.29) is 30.5 Å². The van der Waals surface area contributed by atoms with Gasteiger partial charge in [0.2, 0.25) is 0 Å². The van der Waals surface area contributed by atoms with Gasteiger partial charge in [-0.2, -0.15) is 0 Å². The Bertz CT molecular complexity index is 367. The van der Waals surface area contributed by atoms with Gasteiger partial charge >= 0.3 is 5.97 Å². The highest BCUT2D eigenvalue weighted by Gasteiger charge is 2.31. The molecular formula is C10H19NO5S. The molecule has 100 valence electrons. The number of rotatable bonds is 5. The molecule has 0 aromatic carbocycles. The predicted octanol–water partition coefficient (Wildman–Crippen LogP) is -0.971. The van der Waals surface area contributed by atoms with Crippen LogP contribution >= 0.6 is 0 Å². The maximum absolute atomic E-state index is 11.3. The molecule has 17 heavy (non-hydrogen) atoms. The standard InChI is InChI=1S/C10H19NO5S/c1-11(6-9(12)5-10(13)16-2)8-3-4-17(14,15)7-8/h8-9,12H,3-7H2,1-2H3. The number of nitrogens with zero attached hydrogens (tertiary/aromatic N) is 1. The average molecular weight is 265 g/mol. The van der Waals surface area contributed by atoms with Gasteiger partial charge in [-0.25, -0.2) is 8.42 Å². The van der Waals surface area contributed by atoms with Gasteiger partial charge in [-0.15, -0.1) is 0 Å². The van der Waals surface area contributed by atoms with Crippen molar-refractivity contribution in [2.24, 2.45) is 0 Å². The molecule has 1 heterocycles. The zero-order chi connectivity index (χ0) is 13.1. The third kappa shape index (κ3) is 4.61. The molecule has 1 fully saturated rings. The summed E-state index contributed by atoms with van der Waals surface area (Å²) >= 11 is 0. The number of aliphatic hydroxyl groups excluding tert-OH is 1. The first-order valence-corrected chi connectivity index (χ1v) is 7.31. The van der Waals surface area contributed by atoms with Crippen molar-refractivity contribution in [1.82, 2.24) is 4.90 Å². The summed E-state index contributed by atoms with van der Waals surface area (Å²) in [7, 11) is 0.103. The van der Waals surface area contributed by atoms with E-state index in [9.17, 15) is 18.3 Å². The second kappa shape index (κ2) is 5.79. The van der Waals surface area contributed by atoms with Gasteiger partial charge in [0, 0.05) is 12.6 Å². The van der Waals surface area contributed by atoms with Crippen molar-refractivity contribution in [1.29, 1.82) is 0 Å². The van der Waals surface area contributed by atoms with E-state index < -0.39 is 21.9 Å². The Hall–Kier alpha value is -0.660. The van der Waals surface area contributed by atoms with Crippen molar-refractivity contribution >= 4 is 15.8 Å². The number of likely N-dealkylation sites (N-methyl/N-ethyl adjacent to an activating group) is 1. The average Bonchev–Trinajstić information content (AvgIpc) is 2.58. The number of hydrogen-bond acceptors (Lipinski definition) is 6. The lowest BCUT2D eigenvalue weighted by Crippen LogP contribution is -2.39. The summed E-state index contributed by atoms with van der Waals surface area (Å²) in [5.74, 6) is -0.131. The van der Waals surface area contributed by atoms with Gasteiger partial charge in [0.1, 0.15) is 0 Å². The molecule has 0 bridgehead atoms. The minimum Gasteiger partial charge on any atom is -0.469 e. The first-order valence-electron chi connectivity index (χ1n) is 5.49. The van der Waals surface area contributed by atoms with Gasteiger partial charge in [-0.05, 0) is 13.5 Å². The largest absolute Gasteiger partial charge is 0.469 e. The number of carbonyl (C=O) groups excluding carboxylic acids is 1. The predicted molar refractivity (Wildman–Crippen MR) is 62.3 cm³/mol. The zero-order valence-corrected chi connectivity index (χ0v) is 10.9. The Morgan fingerprint density at radius 1 is 1.59 bits per heavy atom. The maximum Gasteiger partial charge on any atom is 0.308 e. The summed E-state index contributed by atoms with van der Waals surface area (Å²) < 4.78 is 27.0. The van der Waals surface area contributed by atoms with Gasteiger partial charge in [0.25, 0.3) is 0 Å². The van der Waals surface area contributed by atoms with Crippen LogP contribution < -0.4 is 0 Å². The van der Waals surface area contributed by atoms with Gasteiger partial charge < -0.3 is 9.84 Å². The Morgan fingerprint density at radius 2 is 2.24 bits per heavy atom. The van der Waals surface area contributed by atoms with E-state index in [0.717, 1.165) is 0 Å². The minimum atomic E-state index is -2.92. The molecule has 1 rings (SSSR count). The Labute approximate surface area is 101 Å². The number of carbonyl (C=O) groups is 1. The highest BCUT2D eigenvalue weighted by atomic mass is 32.2. The van der Waals surface area contributed by atoms with Crippen LogP contribution in [0.25, 0.3) is 0 Å². The molecule has 0 aliphatic carbocycles. The highest BCUT2D eigenvalue weighted by molar-refractivity contribution is 7.91. The summed E-state index contributed by atoms with van der Waals surface area (Å²) in [6, 6.07) is -0.0627. The number of sulfone groups is 1. The molecule has 0 amide bonds. The maximum atomic E-state index is 11.3. The van der Waals surface area contributed by atoms with Crippen molar-refractivity contribution in [2.75, 3.05) is 32.2 Å². The summed E-state index contributed by atoms with van der Waals surface area (Å²) in [6.07, 6.45) is -0.305. The molecule has 7 heteroatoms. The van der Waals surface area contributed by atoms with Crippen LogP contribution in [0, 0.1) is 0 Å². The molecule has 0 spiro atoms. The van der Waals surface area contributed by atoms with Crippen LogP contribution in [0.2, 0.25) is 0 Å². The van der Waals surface area contributed by atoms with Crippen molar-refractivity contribution < 1.29 is 23.1 Å². The Kier molecular flexibility index (Phi) is 4.91.